The molecule has 0 heterocycles. The molecule has 0 aliphatic heterocycles. The normalized spacial score (nSPS) is 21.5. The van der Waals surface area contributed by atoms with E-state index in [9.17, 15) is 9.90 Å². The van der Waals surface area contributed by atoms with Crippen LogP contribution in [0.15, 0.2) is 24.3 Å². The van der Waals surface area contributed by atoms with E-state index in [0.29, 0.717) is 12.5 Å². The summed E-state index contributed by atoms with van der Waals surface area (Å²) in [6.07, 6.45) is 2.60. The van der Waals surface area contributed by atoms with Gasteiger partial charge in [0.2, 0.25) is 0 Å². The van der Waals surface area contributed by atoms with Crippen molar-refractivity contribution in [2.75, 3.05) is 13.2 Å². The van der Waals surface area contributed by atoms with Crippen molar-refractivity contribution in [3.63, 3.8) is 0 Å². The fraction of sp³-hybridized carbons (Fsp3) is 0.588. The van der Waals surface area contributed by atoms with Crippen molar-refractivity contribution in [1.29, 1.82) is 0 Å². The van der Waals surface area contributed by atoms with Crippen LogP contribution in [0.1, 0.15) is 44.6 Å². The zero-order valence-electron chi connectivity index (χ0n) is 12.8. The van der Waals surface area contributed by atoms with Crippen LogP contribution in [0.4, 0.5) is 0 Å². The van der Waals surface area contributed by atoms with Crippen molar-refractivity contribution >= 4 is 5.91 Å². The van der Waals surface area contributed by atoms with Gasteiger partial charge in [-0.05, 0) is 36.5 Å². The van der Waals surface area contributed by atoms with Crippen LogP contribution in [-0.2, 0) is 4.79 Å². The van der Waals surface area contributed by atoms with Crippen LogP contribution in [-0.4, -0.2) is 30.3 Å². The smallest absolute Gasteiger partial charge is 0.257 e. The summed E-state index contributed by atoms with van der Waals surface area (Å²) in [4.78, 5) is 11.8. The van der Waals surface area contributed by atoms with Crippen LogP contribution in [0.25, 0.3) is 0 Å². The third kappa shape index (κ3) is 4.74. The monoisotopic (exact) mass is 291 g/mol. The van der Waals surface area contributed by atoms with E-state index >= 15 is 0 Å². The average molecular weight is 291 g/mol. The fourth-order valence-electron chi connectivity index (χ4n) is 2.66. The van der Waals surface area contributed by atoms with Gasteiger partial charge in [-0.2, -0.15) is 0 Å². The maximum atomic E-state index is 11.8. The van der Waals surface area contributed by atoms with Crippen LogP contribution in [0.2, 0.25) is 0 Å². The molecule has 1 saturated carbocycles. The molecule has 2 unspecified atom stereocenters. The molecule has 1 aromatic rings. The number of carbonyl (C=O) groups excluding carboxylic acids is 1. The second-order valence-corrected chi connectivity index (χ2v) is 6.08. The largest absolute Gasteiger partial charge is 0.484 e. The van der Waals surface area contributed by atoms with Gasteiger partial charge in [0.25, 0.3) is 5.91 Å². The predicted octanol–water partition coefficient (Wildman–Crippen LogP) is 2.47. The van der Waals surface area contributed by atoms with Gasteiger partial charge in [0, 0.05) is 12.5 Å². The second kappa shape index (κ2) is 7.46. The molecule has 1 amide bonds. The molecule has 1 aliphatic rings. The van der Waals surface area contributed by atoms with Gasteiger partial charge in [-0.15, -0.1) is 0 Å². The van der Waals surface area contributed by atoms with E-state index in [2.05, 4.69) is 25.2 Å². The van der Waals surface area contributed by atoms with Crippen molar-refractivity contribution < 1.29 is 14.6 Å². The van der Waals surface area contributed by atoms with E-state index < -0.39 is 0 Å². The maximum absolute atomic E-state index is 11.8. The summed E-state index contributed by atoms with van der Waals surface area (Å²) in [6, 6.07) is 7.83. The quantitative estimate of drug-likeness (QED) is 0.846. The van der Waals surface area contributed by atoms with Crippen LogP contribution < -0.4 is 10.1 Å². The first-order chi connectivity index (χ1) is 10.1. The van der Waals surface area contributed by atoms with Gasteiger partial charge in [-0.3, -0.25) is 4.79 Å². The predicted molar refractivity (Wildman–Crippen MR) is 82.4 cm³/mol. The van der Waals surface area contributed by atoms with Crippen molar-refractivity contribution in [1.82, 2.24) is 5.32 Å². The number of rotatable bonds is 6. The lowest BCUT2D eigenvalue weighted by atomic mass is 10.0. The van der Waals surface area contributed by atoms with Gasteiger partial charge in [0.05, 0.1) is 6.10 Å². The molecule has 2 rings (SSSR count). The number of ether oxygens (including phenoxy) is 1. The first kappa shape index (κ1) is 15.8. The Morgan fingerprint density at radius 2 is 2.24 bits per heavy atom. The third-order valence-corrected chi connectivity index (χ3v) is 4.08. The Morgan fingerprint density at radius 1 is 1.43 bits per heavy atom. The summed E-state index contributed by atoms with van der Waals surface area (Å²) in [5.41, 5.74) is 1.20. The highest BCUT2D eigenvalue weighted by atomic mass is 16.5. The number of benzene rings is 1. The van der Waals surface area contributed by atoms with Crippen molar-refractivity contribution in [2.45, 2.75) is 45.1 Å². The second-order valence-electron chi connectivity index (χ2n) is 6.08. The lowest BCUT2D eigenvalue weighted by molar-refractivity contribution is -0.123. The van der Waals surface area contributed by atoms with E-state index in [4.69, 9.17) is 4.74 Å². The van der Waals surface area contributed by atoms with Crippen LogP contribution in [0, 0.1) is 5.92 Å². The number of nitrogens with one attached hydrogen (secondary N) is 1. The molecule has 0 aromatic heterocycles. The first-order valence-corrected chi connectivity index (χ1v) is 7.74. The van der Waals surface area contributed by atoms with Gasteiger partial charge < -0.3 is 15.2 Å². The van der Waals surface area contributed by atoms with Crippen molar-refractivity contribution in [3.05, 3.63) is 29.8 Å². The van der Waals surface area contributed by atoms with Gasteiger partial charge in [-0.1, -0.05) is 32.4 Å². The number of aliphatic hydroxyl groups excluding tert-OH is 1. The van der Waals surface area contributed by atoms with Crippen molar-refractivity contribution in [3.8, 4) is 5.75 Å². The average Bonchev–Trinajstić information content (AvgIpc) is 2.88. The zero-order chi connectivity index (χ0) is 15.2. The Labute approximate surface area is 126 Å². The van der Waals surface area contributed by atoms with Crippen LogP contribution in [0.5, 0.6) is 5.75 Å². The summed E-state index contributed by atoms with van der Waals surface area (Å²) >= 11 is 0. The van der Waals surface area contributed by atoms with Crippen LogP contribution in [0.3, 0.4) is 0 Å². The molecule has 0 bridgehead atoms. The number of aliphatic hydroxyl groups is 1. The Hall–Kier alpha value is -1.55. The number of amides is 1. The fourth-order valence-corrected chi connectivity index (χ4v) is 2.66. The molecule has 116 valence electrons. The third-order valence-electron chi connectivity index (χ3n) is 4.08. The van der Waals surface area contributed by atoms with E-state index in [-0.39, 0.29) is 24.5 Å². The molecule has 0 spiro atoms. The Balaban J connectivity index is 1.74. The Morgan fingerprint density at radius 3 is 2.90 bits per heavy atom. The molecular formula is C17H25NO3. The minimum absolute atomic E-state index is 0.0182. The van der Waals surface area contributed by atoms with Gasteiger partial charge >= 0.3 is 0 Å². The van der Waals surface area contributed by atoms with Gasteiger partial charge in [-0.25, -0.2) is 0 Å². The molecule has 1 aliphatic carbocycles. The Bertz CT molecular complexity index is 473. The lowest BCUT2D eigenvalue weighted by Gasteiger charge is -2.15. The van der Waals surface area contributed by atoms with E-state index in [1.54, 1.807) is 0 Å². The molecule has 1 fully saturated rings. The highest BCUT2D eigenvalue weighted by molar-refractivity contribution is 5.77. The molecule has 1 aromatic carbocycles. The SMILES string of the molecule is CC(C)c1cccc(OCC(=O)NCC2CCCC2O)c1. The molecule has 0 saturated heterocycles. The zero-order valence-corrected chi connectivity index (χ0v) is 12.8. The molecule has 4 nitrogen and oxygen atoms in total. The number of carbonyl (C=O) groups is 1. The van der Waals surface area contributed by atoms with E-state index in [1.165, 1.54) is 5.56 Å². The van der Waals surface area contributed by atoms with Gasteiger partial charge in [0.15, 0.2) is 6.61 Å². The Kier molecular flexibility index (Phi) is 5.62. The van der Waals surface area contributed by atoms with Crippen molar-refractivity contribution in [2.24, 2.45) is 5.92 Å². The number of hydrogen-bond donors (Lipinski definition) is 2. The lowest BCUT2D eigenvalue weighted by Crippen LogP contribution is -2.35. The summed E-state index contributed by atoms with van der Waals surface area (Å²) in [6.45, 7) is 4.80. The molecule has 4 heteroatoms. The summed E-state index contributed by atoms with van der Waals surface area (Å²) < 4.78 is 5.53. The topological polar surface area (TPSA) is 58.6 Å². The van der Waals surface area contributed by atoms with Crippen LogP contribution >= 0.6 is 0 Å². The maximum Gasteiger partial charge on any atom is 0.257 e. The highest BCUT2D eigenvalue weighted by Gasteiger charge is 2.25. The standard InChI is InChI=1S/C17H25NO3/c1-12(2)13-5-3-7-15(9-13)21-11-17(20)18-10-14-6-4-8-16(14)19/h3,5,7,9,12,14,16,19H,4,6,8,10-11H2,1-2H3,(H,18,20). The summed E-state index contributed by atoms with van der Waals surface area (Å²) in [5, 5.41) is 12.5. The molecule has 21 heavy (non-hydrogen) atoms. The van der Waals surface area contributed by atoms with Gasteiger partial charge in [0.1, 0.15) is 5.75 Å². The number of hydrogen-bond acceptors (Lipinski definition) is 3. The highest BCUT2D eigenvalue weighted by Crippen LogP contribution is 2.24. The molecular weight excluding hydrogens is 266 g/mol. The molecule has 2 N–H and O–H groups in total. The first-order valence-electron chi connectivity index (χ1n) is 7.74. The van der Waals surface area contributed by atoms with E-state index in [1.807, 2.05) is 18.2 Å². The molecule has 2 atom stereocenters. The minimum atomic E-state index is -0.269. The minimum Gasteiger partial charge on any atom is -0.484 e. The summed E-state index contributed by atoms with van der Waals surface area (Å²) in [5.74, 6) is 1.21. The summed E-state index contributed by atoms with van der Waals surface area (Å²) in [7, 11) is 0. The van der Waals surface area contributed by atoms with E-state index in [0.717, 1.165) is 25.0 Å². The molecule has 0 radical (unpaired) electrons.